The lowest BCUT2D eigenvalue weighted by Gasteiger charge is -2.14. The van der Waals surface area contributed by atoms with Gasteiger partial charge in [0.1, 0.15) is 0 Å². The summed E-state index contributed by atoms with van der Waals surface area (Å²) < 4.78 is 2.00. The van der Waals surface area contributed by atoms with E-state index in [-0.39, 0.29) is 0 Å². The Morgan fingerprint density at radius 2 is 2.09 bits per heavy atom. The van der Waals surface area contributed by atoms with Gasteiger partial charge in [0, 0.05) is 13.2 Å². The van der Waals surface area contributed by atoms with E-state index in [4.69, 9.17) is 0 Å². The molecule has 1 heterocycles. The highest BCUT2D eigenvalue weighted by atomic mass is 15.0. The number of hydrogen-bond donors (Lipinski definition) is 0. The molecule has 0 unspecified atom stereocenters. The Hall–Kier alpha value is -2.09. The summed E-state index contributed by atoms with van der Waals surface area (Å²) in [6, 6.07) is 6.82. The van der Waals surface area contributed by atoms with Crippen LogP contribution in [0, 0.1) is 0 Å². The third-order valence-corrected chi connectivity index (χ3v) is 4.84. The van der Waals surface area contributed by atoms with E-state index in [9.17, 15) is 0 Å². The Morgan fingerprint density at radius 3 is 2.78 bits per heavy atom. The minimum absolute atomic E-state index is 1.06. The van der Waals surface area contributed by atoms with Gasteiger partial charge in [-0.3, -0.25) is 0 Å². The molecule has 2 aromatic rings. The van der Waals surface area contributed by atoms with Crippen LogP contribution in [-0.2, 0) is 19.9 Å². The van der Waals surface area contributed by atoms with E-state index >= 15 is 0 Å². The van der Waals surface area contributed by atoms with Gasteiger partial charge in [-0.15, -0.1) is 0 Å². The van der Waals surface area contributed by atoms with Crippen LogP contribution in [0.1, 0.15) is 56.0 Å². The minimum atomic E-state index is 1.06. The van der Waals surface area contributed by atoms with Crippen molar-refractivity contribution in [3.63, 3.8) is 0 Å². The second kappa shape index (κ2) is 6.57. The molecule has 120 valence electrons. The molecule has 0 N–H and O–H groups in total. The van der Waals surface area contributed by atoms with Crippen molar-refractivity contribution >= 4 is 11.1 Å². The number of benzene rings is 1. The molecular formula is C21H26N2. The van der Waals surface area contributed by atoms with Gasteiger partial charge < -0.3 is 4.57 Å². The molecule has 0 bridgehead atoms. The molecule has 1 aliphatic rings. The van der Waals surface area contributed by atoms with Gasteiger partial charge in [-0.05, 0) is 72.9 Å². The van der Waals surface area contributed by atoms with Gasteiger partial charge in [-0.2, -0.15) is 0 Å². The number of rotatable bonds is 4. The van der Waals surface area contributed by atoms with Crippen LogP contribution >= 0.6 is 0 Å². The minimum Gasteiger partial charge on any atom is -0.340 e. The lowest BCUT2D eigenvalue weighted by molar-refractivity contribution is 0.910. The monoisotopic (exact) mass is 306 g/mol. The first kappa shape index (κ1) is 15.8. The van der Waals surface area contributed by atoms with E-state index in [0.29, 0.717) is 0 Å². The van der Waals surface area contributed by atoms with Crippen molar-refractivity contribution in [2.45, 2.75) is 46.5 Å². The highest BCUT2D eigenvalue weighted by Gasteiger charge is 2.16. The van der Waals surface area contributed by atoms with Crippen LogP contribution in [0.2, 0.25) is 0 Å². The Morgan fingerprint density at radius 1 is 1.26 bits per heavy atom. The first-order chi connectivity index (χ1) is 11.1. The van der Waals surface area contributed by atoms with Crippen molar-refractivity contribution in [1.29, 1.82) is 0 Å². The second-order valence-electron chi connectivity index (χ2n) is 6.56. The smallest absolute Gasteiger partial charge is 0.0951 e. The molecule has 1 aliphatic carbocycles. The summed E-state index contributed by atoms with van der Waals surface area (Å²) in [5, 5.41) is 0. The summed E-state index contributed by atoms with van der Waals surface area (Å²) in [6.45, 7) is 6.64. The van der Waals surface area contributed by atoms with Crippen LogP contribution < -0.4 is 0 Å². The van der Waals surface area contributed by atoms with E-state index in [2.05, 4.69) is 56.2 Å². The SMILES string of the molecule is CCC(=C(C)C=C(C)c1cn(C)cn1)c1cccc2c1CCC2. The van der Waals surface area contributed by atoms with Crippen molar-refractivity contribution in [3.05, 3.63) is 64.8 Å². The molecule has 0 fully saturated rings. The van der Waals surface area contributed by atoms with Crippen molar-refractivity contribution in [2.75, 3.05) is 0 Å². The van der Waals surface area contributed by atoms with Gasteiger partial charge in [0.15, 0.2) is 0 Å². The zero-order valence-corrected chi connectivity index (χ0v) is 14.7. The summed E-state index contributed by atoms with van der Waals surface area (Å²) >= 11 is 0. The number of hydrogen-bond acceptors (Lipinski definition) is 1. The molecule has 0 radical (unpaired) electrons. The van der Waals surface area contributed by atoms with Crippen molar-refractivity contribution in [2.24, 2.45) is 7.05 Å². The molecule has 3 rings (SSSR count). The van der Waals surface area contributed by atoms with E-state index in [1.54, 1.807) is 11.1 Å². The molecule has 1 aromatic heterocycles. The molecule has 1 aromatic carbocycles. The maximum Gasteiger partial charge on any atom is 0.0951 e. The van der Waals surface area contributed by atoms with Gasteiger partial charge in [0.25, 0.3) is 0 Å². The zero-order chi connectivity index (χ0) is 16.4. The summed E-state index contributed by atoms with van der Waals surface area (Å²) in [7, 11) is 2.01. The maximum atomic E-state index is 4.46. The van der Waals surface area contributed by atoms with E-state index in [1.165, 1.54) is 41.5 Å². The van der Waals surface area contributed by atoms with Crippen molar-refractivity contribution in [1.82, 2.24) is 9.55 Å². The average molecular weight is 306 g/mol. The largest absolute Gasteiger partial charge is 0.340 e. The molecule has 0 aliphatic heterocycles. The highest BCUT2D eigenvalue weighted by molar-refractivity contribution is 5.77. The average Bonchev–Trinajstić information content (AvgIpc) is 3.17. The summed E-state index contributed by atoms with van der Waals surface area (Å²) in [6.07, 6.45) is 11.0. The lowest BCUT2D eigenvalue weighted by Crippen LogP contribution is -1.95. The number of fused-ring (bicyclic) bond motifs is 1. The molecule has 2 nitrogen and oxygen atoms in total. The van der Waals surface area contributed by atoms with Gasteiger partial charge in [0.2, 0.25) is 0 Å². The standard InChI is InChI=1S/C21H26N2/c1-5-18(20-11-7-9-17-8-6-10-19(17)20)15(2)12-16(3)21-13-23(4)14-22-21/h7,9,11-14H,5-6,8,10H2,1-4H3. The van der Waals surface area contributed by atoms with Crippen LogP contribution in [0.3, 0.4) is 0 Å². The fraction of sp³-hybridized carbons (Fsp3) is 0.381. The van der Waals surface area contributed by atoms with Crippen LogP contribution in [-0.4, -0.2) is 9.55 Å². The molecule has 0 saturated carbocycles. The van der Waals surface area contributed by atoms with Gasteiger partial charge in [-0.25, -0.2) is 4.98 Å². The third kappa shape index (κ3) is 3.17. The quantitative estimate of drug-likeness (QED) is 0.710. The highest BCUT2D eigenvalue weighted by Crippen LogP contribution is 2.33. The predicted octanol–water partition coefficient (Wildman–Crippen LogP) is 5.20. The topological polar surface area (TPSA) is 17.8 Å². The van der Waals surface area contributed by atoms with Crippen LogP contribution in [0.25, 0.3) is 11.1 Å². The maximum absolute atomic E-state index is 4.46. The van der Waals surface area contributed by atoms with Crippen molar-refractivity contribution < 1.29 is 0 Å². The number of allylic oxidation sites excluding steroid dienone is 4. The van der Waals surface area contributed by atoms with E-state index in [1.807, 2.05) is 17.9 Å². The lowest BCUT2D eigenvalue weighted by atomic mass is 9.91. The summed E-state index contributed by atoms with van der Waals surface area (Å²) in [5.41, 5.74) is 9.70. The fourth-order valence-corrected chi connectivity index (χ4v) is 3.69. The first-order valence-electron chi connectivity index (χ1n) is 8.57. The zero-order valence-electron chi connectivity index (χ0n) is 14.7. The number of imidazole rings is 1. The number of aromatic nitrogens is 2. The Kier molecular flexibility index (Phi) is 4.51. The van der Waals surface area contributed by atoms with E-state index in [0.717, 1.165) is 12.1 Å². The van der Waals surface area contributed by atoms with E-state index < -0.39 is 0 Å². The van der Waals surface area contributed by atoms with Gasteiger partial charge >= 0.3 is 0 Å². The first-order valence-corrected chi connectivity index (χ1v) is 8.57. The molecule has 0 spiro atoms. The Labute approximate surface area is 139 Å². The van der Waals surface area contributed by atoms with Gasteiger partial charge in [0.05, 0.1) is 12.0 Å². The fourth-order valence-electron chi connectivity index (χ4n) is 3.69. The molecule has 0 atom stereocenters. The third-order valence-electron chi connectivity index (χ3n) is 4.84. The molecular weight excluding hydrogens is 280 g/mol. The van der Waals surface area contributed by atoms with Crippen LogP contribution in [0.5, 0.6) is 0 Å². The second-order valence-corrected chi connectivity index (χ2v) is 6.56. The Bertz CT molecular complexity index is 775. The van der Waals surface area contributed by atoms with Crippen LogP contribution in [0.4, 0.5) is 0 Å². The predicted molar refractivity (Wildman–Crippen MR) is 98.2 cm³/mol. The molecule has 2 heteroatoms. The summed E-state index contributed by atoms with van der Waals surface area (Å²) in [4.78, 5) is 4.46. The number of nitrogens with zero attached hydrogens (tertiary/aromatic N) is 2. The van der Waals surface area contributed by atoms with Crippen LogP contribution in [0.15, 0.2) is 42.4 Å². The summed E-state index contributed by atoms with van der Waals surface area (Å²) in [5.74, 6) is 0. The molecule has 0 saturated heterocycles. The van der Waals surface area contributed by atoms with Crippen molar-refractivity contribution in [3.8, 4) is 0 Å². The molecule has 0 amide bonds. The number of aryl methyl sites for hydroxylation is 2. The normalized spacial score (nSPS) is 15.6. The van der Waals surface area contributed by atoms with Gasteiger partial charge in [-0.1, -0.05) is 31.2 Å². The Balaban J connectivity index is 2.02. The molecule has 23 heavy (non-hydrogen) atoms.